The fourth-order valence-corrected chi connectivity index (χ4v) is 3.32. The quantitative estimate of drug-likeness (QED) is 0.841. The molecule has 0 saturated carbocycles. The summed E-state index contributed by atoms with van der Waals surface area (Å²) in [6.45, 7) is 3.52. The van der Waals surface area contributed by atoms with Crippen LogP contribution in [-0.4, -0.2) is 50.7 Å². The first-order valence-electron chi connectivity index (χ1n) is 6.48. The molecule has 1 N–H and O–H groups in total. The minimum absolute atomic E-state index is 0.348. The van der Waals surface area contributed by atoms with Gasteiger partial charge in [0.1, 0.15) is 5.25 Å². The number of nitrogens with zero attached hydrogens (tertiary/aromatic N) is 1. The van der Waals surface area contributed by atoms with Crippen molar-refractivity contribution in [2.75, 3.05) is 32.8 Å². The SMILES string of the molecule is O=S(=O)(O)C(CCN1CCOCC1)c1ccc(Cl)cc1. The molecule has 0 bridgehead atoms. The van der Waals surface area contributed by atoms with Gasteiger partial charge in [-0.05, 0) is 30.7 Å². The fraction of sp³-hybridized carbons (Fsp3) is 0.538. The summed E-state index contributed by atoms with van der Waals surface area (Å²) in [4.78, 5) is 2.14. The van der Waals surface area contributed by atoms with E-state index in [0.717, 1.165) is 13.1 Å². The van der Waals surface area contributed by atoms with Gasteiger partial charge in [-0.15, -0.1) is 0 Å². The molecule has 112 valence electrons. The lowest BCUT2D eigenvalue weighted by molar-refractivity contribution is 0.0372. The summed E-state index contributed by atoms with van der Waals surface area (Å²) in [6.07, 6.45) is 0.348. The van der Waals surface area contributed by atoms with Gasteiger partial charge < -0.3 is 4.74 Å². The smallest absolute Gasteiger partial charge is 0.272 e. The number of morpholine rings is 1. The summed E-state index contributed by atoms with van der Waals surface area (Å²) in [5.41, 5.74) is 0.560. The number of rotatable bonds is 5. The molecule has 1 aliphatic rings. The van der Waals surface area contributed by atoms with Gasteiger partial charge in [0.25, 0.3) is 10.1 Å². The lowest BCUT2D eigenvalue weighted by Crippen LogP contribution is -2.37. The van der Waals surface area contributed by atoms with Gasteiger partial charge in [-0.3, -0.25) is 9.45 Å². The summed E-state index contributed by atoms with van der Waals surface area (Å²) in [6, 6.07) is 6.54. The van der Waals surface area contributed by atoms with Crippen molar-refractivity contribution in [3.63, 3.8) is 0 Å². The van der Waals surface area contributed by atoms with Gasteiger partial charge in [0.05, 0.1) is 13.2 Å². The van der Waals surface area contributed by atoms with Crippen molar-refractivity contribution in [1.82, 2.24) is 4.90 Å². The van der Waals surface area contributed by atoms with Crippen LogP contribution in [0.4, 0.5) is 0 Å². The van der Waals surface area contributed by atoms with Crippen LogP contribution >= 0.6 is 11.6 Å². The van der Waals surface area contributed by atoms with Crippen LogP contribution in [0.5, 0.6) is 0 Å². The van der Waals surface area contributed by atoms with E-state index in [4.69, 9.17) is 16.3 Å². The first-order valence-corrected chi connectivity index (χ1v) is 8.37. The molecule has 2 rings (SSSR count). The molecule has 1 saturated heterocycles. The maximum atomic E-state index is 11.6. The zero-order valence-electron chi connectivity index (χ0n) is 11.0. The van der Waals surface area contributed by atoms with Crippen LogP contribution in [0.1, 0.15) is 17.2 Å². The largest absolute Gasteiger partial charge is 0.379 e. The molecule has 1 aliphatic heterocycles. The molecule has 1 aromatic rings. The first-order chi connectivity index (χ1) is 9.47. The lowest BCUT2D eigenvalue weighted by Gasteiger charge is -2.27. The molecule has 0 aliphatic carbocycles. The van der Waals surface area contributed by atoms with Crippen molar-refractivity contribution in [3.8, 4) is 0 Å². The van der Waals surface area contributed by atoms with Gasteiger partial charge in [-0.2, -0.15) is 8.42 Å². The Morgan fingerprint density at radius 1 is 1.25 bits per heavy atom. The highest BCUT2D eigenvalue weighted by atomic mass is 35.5. The summed E-state index contributed by atoms with van der Waals surface area (Å²) in [5.74, 6) is 0. The molecule has 7 heteroatoms. The van der Waals surface area contributed by atoms with Gasteiger partial charge in [0, 0.05) is 18.1 Å². The lowest BCUT2D eigenvalue weighted by atomic mass is 10.1. The summed E-state index contributed by atoms with van der Waals surface area (Å²) in [7, 11) is -4.13. The van der Waals surface area contributed by atoms with E-state index in [1.165, 1.54) is 0 Å². The predicted molar refractivity (Wildman–Crippen MR) is 77.6 cm³/mol. The Balaban J connectivity index is 2.06. The predicted octanol–water partition coefficient (Wildman–Crippen LogP) is 1.99. The van der Waals surface area contributed by atoms with Gasteiger partial charge in [0.15, 0.2) is 0 Å². The van der Waals surface area contributed by atoms with Gasteiger partial charge in [-0.25, -0.2) is 0 Å². The molecule has 0 amide bonds. The highest BCUT2D eigenvalue weighted by molar-refractivity contribution is 7.86. The van der Waals surface area contributed by atoms with Gasteiger partial charge in [-0.1, -0.05) is 23.7 Å². The fourth-order valence-electron chi connectivity index (χ4n) is 2.29. The molecule has 0 radical (unpaired) electrons. The van der Waals surface area contributed by atoms with Crippen LogP contribution in [-0.2, 0) is 14.9 Å². The van der Waals surface area contributed by atoms with E-state index in [9.17, 15) is 13.0 Å². The molecule has 0 spiro atoms. The molecule has 1 aromatic carbocycles. The molecule has 1 unspecified atom stereocenters. The standard InChI is InChI=1S/C13H18ClNO4S/c14-12-3-1-11(2-4-12)13(20(16,17)18)5-6-15-7-9-19-10-8-15/h1-4,13H,5-10H2,(H,16,17,18). The summed E-state index contributed by atoms with van der Waals surface area (Å²) in [5, 5.41) is -0.376. The van der Waals surface area contributed by atoms with E-state index in [1.807, 2.05) is 0 Å². The Morgan fingerprint density at radius 2 is 1.85 bits per heavy atom. The second kappa shape index (κ2) is 6.87. The highest BCUT2D eigenvalue weighted by Gasteiger charge is 2.26. The molecule has 0 aromatic heterocycles. The monoisotopic (exact) mass is 319 g/mol. The molecule has 1 fully saturated rings. The van der Waals surface area contributed by atoms with Crippen LogP contribution in [0.15, 0.2) is 24.3 Å². The first kappa shape index (κ1) is 15.7. The van der Waals surface area contributed by atoms with Crippen molar-refractivity contribution < 1.29 is 17.7 Å². The Kier molecular flexibility index (Phi) is 5.40. The minimum atomic E-state index is -4.13. The Bertz CT molecular complexity index is 526. The third-order valence-electron chi connectivity index (χ3n) is 3.41. The van der Waals surface area contributed by atoms with E-state index in [1.54, 1.807) is 24.3 Å². The second-order valence-corrected chi connectivity index (χ2v) is 6.83. The van der Waals surface area contributed by atoms with Crippen LogP contribution in [0.25, 0.3) is 0 Å². The zero-order chi connectivity index (χ0) is 14.6. The van der Waals surface area contributed by atoms with E-state index in [2.05, 4.69) is 4.90 Å². The van der Waals surface area contributed by atoms with Crippen LogP contribution in [0.3, 0.4) is 0 Å². The number of ether oxygens (including phenoxy) is 1. The van der Waals surface area contributed by atoms with E-state index in [-0.39, 0.29) is 0 Å². The highest BCUT2D eigenvalue weighted by Crippen LogP contribution is 2.26. The molecule has 1 heterocycles. The number of benzene rings is 1. The molecular weight excluding hydrogens is 302 g/mol. The van der Waals surface area contributed by atoms with Crippen molar-refractivity contribution >= 4 is 21.7 Å². The number of hydrogen-bond donors (Lipinski definition) is 1. The third kappa shape index (κ3) is 4.43. The third-order valence-corrected chi connectivity index (χ3v) is 4.89. The summed E-state index contributed by atoms with van der Waals surface area (Å²) >= 11 is 5.80. The Labute approximate surface area is 124 Å². The zero-order valence-corrected chi connectivity index (χ0v) is 12.6. The molecule has 1 atom stereocenters. The molecular formula is C13H18ClNO4S. The number of halogens is 1. The second-order valence-electron chi connectivity index (χ2n) is 4.80. The van der Waals surface area contributed by atoms with Gasteiger partial charge in [0.2, 0.25) is 0 Å². The van der Waals surface area contributed by atoms with Crippen LogP contribution in [0, 0.1) is 0 Å². The normalized spacial score (nSPS) is 18.9. The Hall–Kier alpha value is -0.660. The summed E-state index contributed by atoms with van der Waals surface area (Å²) < 4.78 is 37.8. The van der Waals surface area contributed by atoms with Gasteiger partial charge >= 0.3 is 0 Å². The molecule has 5 nitrogen and oxygen atoms in total. The maximum absolute atomic E-state index is 11.6. The van der Waals surface area contributed by atoms with E-state index in [0.29, 0.717) is 36.8 Å². The maximum Gasteiger partial charge on any atom is 0.272 e. The van der Waals surface area contributed by atoms with Crippen LogP contribution in [0.2, 0.25) is 5.02 Å². The van der Waals surface area contributed by atoms with E-state index >= 15 is 0 Å². The average molecular weight is 320 g/mol. The van der Waals surface area contributed by atoms with Crippen LogP contribution < -0.4 is 0 Å². The van der Waals surface area contributed by atoms with Crippen molar-refractivity contribution in [1.29, 1.82) is 0 Å². The Morgan fingerprint density at radius 3 is 2.40 bits per heavy atom. The molecule has 20 heavy (non-hydrogen) atoms. The number of hydrogen-bond acceptors (Lipinski definition) is 4. The topological polar surface area (TPSA) is 66.8 Å². The van der Waals surface area contributed by atoms with Crippen molar-refractivity contribution in [3.05, 3.63) is 34.9 Å². The minimum Gasteiger partial charge on any atom is -0.379 e. The van der Waals surface area contributed by atoms with E-state index < -0.39 is 15.4 Å². The van der Waals surface area contributed by atoms with Crippen molar-refractivity contribution in [2.24, 2.45) is 0 Å². The van der Waals surface area contributed by atoms with Crippen molar-refractivity contribution in [2.45, 2.75) is 11.7 Å². The average Bonchev–Trinajstić information content (AvgIpc) is 2.41.